The lowest BCUT2D eigenvalue weighted by Crippen LogP contribution is -2.45. The molecule has 140 valence electrons. The van der Waals surface area contributed by atoms with Gasteiger partial charge in [-0.25, -0.2) is 12.8 Å². The van der Waals surface area contributed by atoms with Crippen LogP contribution in [-0.4, -0.2) is 26.6 Å². The molecular formula is C18H20ClFN2O3S. The largest absolute Gasteiger partial charge is 0.324 e. The molecule has 26 heavy (non-hydrogen) atoms. The minimum Gasteiger partial charge on any atom is -0.324 e. The molecule has 2 aromatic rings. The summed E-state index contributed by atoms with van der Waals surface area (Å²) < 4.78 is 38.9. The van der Waals surface area contributed by atoms with Gasteiger partial charge in [-0.3, -0.25) is 9.10 Å². The Morgan fingerprint density at radius 3 is 2.35 bits per heavy atom. The molecule has 0 aliphatic heterocycles. The van der Waals surface area contributed by atoms with Crippen LogP contribution in [0, 0.1) is 19.7 Å². The molecule has 0 radical (unpaired) electrons. The van der Waals surface area contributed by atoms with E-state index < -0.39 is 27.8 Å². The van der Waals surface area contributed by atoms with Crippen molar-refractivity contribution in [3.05, 3.63) is 58.4 Å². The molecule has 8 heteroatoms. The Labute approximate surface area is 157 Å². The van der Waals surface area contributed by atoms with E-state index in [9.17, 15) is 17.6 Å². The summed E-state index contributed by atoms with van der Waals surface area (Å²) in [5.41, 5.74) is 2.60. The first-order valence-electron chi connectivity index (χ1n) is 7.83. The molecule has 0 fully saturated rings. The standard InChI is InChI=1S/C18H20ClFN2O3S/c1-11-5-7-15(9-12(11)2)22(26(4,24)25)13(3)18(23)21-14-6-8-17(20)16(19)10-14/h5-10,13H,1-4H3,(H,21,23)/t13-/m1/s1. The molecular weight excluding hydrogens is 379 g/mol. The van der Waals surface area contributed by atoms with Crippen molar-refractivity contribution in [2.24, 2.45) is 0 Å². The third-order valence-corrected chi connectivity index (χ3v) is 5.55. The fourth-order valence-electron chi connectivity index (χ4n) is 2.49. The molecule has 0 aliphatic carbocycles. The van der Waals surface area contributed by atoms with Crippen LogP contribution in [0.5, 0.6) is 0 Å². The number of carbonyl (C=O) groups is 1. The number of hydrogen-bond donors (Lipinski definition) is 1. The number of hydrogen-bond acceptors (Lipinski definition) is 3. The molecule has 0 aliphatic rings. The summed E-state index contributed by atoms with van der Waals surface area (Å²) >= 11 is 5.71. The Hall–Kier alpha value is -2.12. The van der Waals surface area contributed by atoms with Gasteiger partial charge in [-0.1, -0.05) is 17.7 Å². The van der Waals surface area contributed by atoms with Crippen LogP contribution in [0.25, 0.3) is 0 Å². The Morgan fingerprint density at radius 2 is 1.81 bits per heavy atom. The Kier molecular flexibility index (Phi) is 5.93. The first-order chi connectivity index (χ1) is 12.0. The van der Waals surface area contributed by atoms with E-state index in [1.807, 2.05) is 13.8 Å². The maximum atomic E-state index is 13.2. The van der Waals surface area contributed by atoms with Gasteiger partial charge in [-0.2, -0.15) is 0 Å². The summed E-state index contributed by atoms with van der Waals surface area (Å²) in [7, 11) is -3.71. The van der Waals surface area contributed by atoms with Gasteiger partial charge in [0.1, 0.15) is 11.9 Å². The predicted molar refractivity (Wildman–Crippen MR) is 103 cm³/mol. The monoisotopic (exact) mass is 398 g/mol. The van der Waals surface area contributed by atoms with Crippen LogP contribution in [0.3, 0.4) is 0 Å². The number of amides is 1. The zero-order valence-electron chi connectivity index (χ0n) is 14.9. The third-order valence-electron chi connectivity index (χ3n) is 4.02. The van der Waals surface area contributed by atoms with Crippen LogP contribution in [0.15, 0.2) is 36.4 Å². The molecule has 1 amide bonds. The number of anilines is 2. The third kappa shape index (κ3) is 4.53. The van der Waals surface area contributed by atoms with E-state index >= 15 is 0 Å². The maximum absolute atomic E-state index is 13.2. The summed E-state index contributed by atoms with van der Waals surface area (Å²) in [6.07, 6.45) is 1.04. The Bertz CT molecular complexity index is 947. The number of halogens is 2. The first-order valence-corrected chi connectivity index (χ1v) is 10.1. The van der Waals surface area contributed by atoms with E-state index in [1.54, 1.807) is 18.2 Å². The fraction of sp³-hybridized carbons (Fsp3) is 0.278. The Balaban J connectivity index is 2.34. The van der Waals surface area contributed by atoms with Gasteiger partial charge in [-0.05, 0) is 62.2 Å². The van der Waals surface area contributed by atoms with E-state index in [1.165, 1.54) is 19.1 Å². The van der Waals surface area contributed by atoms with Crippen molar-refractivity contribution in [1.82, 2.24) is 0 Å². The number of sulfonamides is 1. The molecule has 0 aromatic heterocycles. The van der Waals surface area contributed by atoms with Crippen LogP contribution < -0.4 is 9.62 Å². The minimum absolute atomic E-state index is 0.135. The molecule has 0 heterocycles. The van der Waals surface area contributed by atoms with Crippen LogP contribution in [0.2, 0.25) is 5.02 Å². The average Bonchev–Trinajstić information content (AvgIpc) is 2.53. The second kappa shape index (κ2) is 7.63. The molecule has 1 atom stereocenters. The van der Waals surface area contributed by atoms with Crippen LogP contribution in [-0.2, 0) is 14.8 Å². The van der Waals surface area contributed by atoms with Crippen LogP contribution >= 0.6 is 11.6 Å². The van der Waals surface area contributed by atoms with E-state index in [-0.39, 0.29) is 10.7 Å². The highest BCUT2D eigenvalue weighted by atomic mass is 35.5. The molecule has 5 nitrogen and oxygen atoms in total. The number of carbonyl (C=O) groups excluding carboxylic acids is 1. The van der Waals surface area contributed by atoms with E-state index in [0.29, 0.717) is 5.69 Å². The van der Waals surface area contributed by atoms with Gasteiger partial charge in [0.05, 0.1) is 17.0 Å². The molecule has 0 spiro atoms. The quantitative estimate of drug-likeness (QED) is 0.830. The molecule has 2 rings (SSSR count). The first kappa shape index (κ1) is 20.2. The highest BCUT2D eigenvalue weighted by Gasteiger charge is 2.29. The molecule has 0 unspecified atom stereocenters. The Morgan fingerprint density at radius 1 is 1.15 bits per heavy atom. The maximum Gasteiger partial charge on any atom is 0.247 e. The summed E-state index contributed by atoms with van der Waals surface area (Å²) in [5.74, 6) is -1.16. The van der Waals surface area contributed by atoms with Gasteiger partial charge in [0, 0.05) is 5.69 Å². The van der Waals surface area contributed by atoms with Gasteiger partial charge >= 0.3 is 0 Å². The predicted octanol–water partition coefficient (Wildman–Crippen LogP) is 3.89. The lowest BCUT2D eigenvalue weighted by molar-refractivity contribution is -0.116. The average molecular weight is 399 g/mol. The lowest BCUT2D eigenvalue weighted by atomic mass is 10.1. The number of nitrogens with zero attached hydrogens (tertiary/aromatic N) is 1. The zero-order chi connectivity index (χ0) is 19.6. The van der Waals surface area contributed by atoms with E-state index in [2.05, 4.69) is 5.32 Å². The highest BCUT2D eigenvalue weighted by Crippen LogP contribution is 2.25. The normalized spacial score (nSPS) is 12.5. The van der Waals surface area contributed by atoms with E-state index in [4.69, 9.17) is 11.6 Å². The molecule has 0 bridgehead atoms. The molecule has 0 saturated heterocycles. The van der Waals surface area contributed by atoms with Crippen molar-refractivity contribution in [3.63, 3.8) is 0 Å². The summed E-state index contributed by atoms with van der Waals surface area (Å²) in [4.78, 5) is 12.6. The van der Waals surface area contributed by atoms with Crippen LogP contribution in [0.4, 0.5) is 15.8 Å². The molecule has 0 saturated carbocycles. The summed E-state index contributed by atoms with van der Waals surface area (Å²) in [5, 5.41) is 2.43. The van der Waals surface area contributed by atoms with Gasteiger partial charge in [0.25, 0.3) is 0 Å². The number of benzene rings is 2. The van der Waals surface area contributed by atoms with Crippen molar-refractivity contribution in [2.75, 3.05) is 15.9 Å². The number of rotatable bonds is 5. The summed E-state index contributed by atoms with van der Waals surface area (Å²) in [6, 6.07) is 7.90. The van der Waals surface area contributed by atoms with E-state index in [0.717, 1.165) is 27.8 Å². The highest BCUT2D eigenvalue weighted by molar-refractivity contribution is 7.92. The summed E-state index contributed by atoms with van der Waals surface area (Å²) in [6.45, 7) is 5.26. The van der Waals surface area contributed by atoms with Gasteiger partial charge < -0.3 is 5.32 Å². The van der Waals surface area contributed by atoms with Crippen molar-refractivity contribution >= 4 is 38.9 Å². The minimum atomic E-state index is -3.71. The number of nitrogens with one attached hydrogen (secondary N) is 1. The molecule has 2 aromatic carbocycles. The second-order valence-corrected chi connectivity index (χ2v) is 8.39. The van der Waals surface area contributed by atoms with Crippen molar-refractivity contribution in [2.45, 2.75) is 26.8 Å². The van der Waals surface area contributed by atoms with Crippen molar-refractivity contribution in [3.8, 4) is 0 Å². The van der Waals surface area contributed by atoms with Crippen molar-refractivity contribution in [1.29, 1.82) is 0 Å². The van der Waals surface area contributed by atoms with Crippen LogP contribution in [0.1, 0.15) is 18.1 Å². The van der Waals surface area contributed by atoms with Gasteiger partial charge in [0.2, 0.25) is 15.9 Å². The van der Waals surface area contributed by atoms with Gasteiger partial charge in [-0.15, -0.1) is 0 Å². The molecule has 1 N–H and O–H groups in total. The second-order valence-electron chi connectivity index (χ2n) is 6.12. The van der Waals surface area contributed by atoms with Crippen molar-refractivity contribution < 1.29 is 17.6 Å². The fourth-order valence-corrected chi connectivity index (χ4v) is 3.84. The smallest absolute Gasteiger partial charge is 0.247 e. The lowest BCUT2D eigenvalue weighted by Gasteiger charge is -2.28. The number of aryl methyl sites for hydroxylation is 2. The zero-order valence-corrected chi connectivity index (χ0v) is 16.5. The topological polar surface area (TPSA) is 66.5 Å². The van der Waals surface area contributed by atoms with Gasteiger partial charge in [0.15, 0.2) is 0 Å². The SMILES string of the molecule is Cc1ccc(N([C@H](C)C(=O)Nc2ccc(F)c(Cl)c2)S(C)(=O)=O)cc1C.